The summed E-state index contributed by atoms with van der Waals surface area (Å²) in [5.41, 5.74) is 3.54. The molecule has 41 heavy (non-hydrogen) atoms. The van der Waals surface area contributed by atoms with Crippen LogP contribution in [0.5, 0.6) is 0 Å². The van der Waals surface area contributed by atoms with Gasteiger partial charge < -0.3 is 9.47 Å². The third-order valence-electron chi connectivity index (χ3n) is 9.06. The van der Waals surface area contributed by atoms with E-state index in [2.05, 4.69) is 23.8 Å². The van der Waals surface area contributed by atoms with Crippen molar-refractivity contribution in [3.8, 4) is 11.3 Å². The number of rotatable bonds is 6. The van der Waals surface area contributed by atoms with Crippen molar-refractivity contribution in [2.75, 3.05) is 38.3 Å². The maximum Gasteiger partial charge on any atom is 0.323 e. The maximum absolute atomic E-state index is 13.8. The van der Waals surface area contributed by atoms with Crippen LogP contribution in [0.1, 0.15) is 43.0 Å². The molecule has 3 aliphatic rings. The topological polar surface area (TPSA) is 120 Å². The zero-order chi connectivity index (χ0) is 29.2. The van der Waals surface area contributed by atoms with E-state index in [0.717, 1.165) is 37.9 Å². The smallest absolute Gasteiger partial charge is 0.323 e. The van der Waals surface area contributed by atoms with Crippen LogP contribution in [0, 0.1) is 11.8 Å². The zero-order valence-corrected chi connectivity index (χ0v) is 25.3. The summed E-state index contributed by atoms with van der Waals surface area (Å²) >= 11 is 0. The van der Waals surface area contributed by atoms with Crippen molar-refractivity contribution in [2.24, 2.45) is 11.8 Å². The molecule has 2 aromatic carbocycles. The Bertz CT molecular complexity index is 1680. The van der Waals surface area contributed by atoms with Crippen LogP contribution in [0.25, 0.3) is 11.3 Å². The SMILES string of the molecule is C[C@H]1[C@@H]2CCc3c(nn(S(=O)(=O)N(C)C)c3-c3cccc(NS(C)(=O)=O)c3)[C@@]2(c2ccccc2)CCC12OCCO2. The van der Waals surface area contributed by atoms with Crippen LogP contribution >= 0.6 is 0 Å². The highest BCUT2D eigenvalue weighted by molar-refractivity contribution is 7.92. The highest BCUT2D eigenvalue weighted by Gasteiger charge is 2.61. The molecule has 1 aromatic heterocycles. The van der Waals surface area contributed by atoms with Crippen molar-refractivity contribution >= 4 is 25.9 Å². The Morgan fingerprint density at radius 3 is 2.37 bits per heavy atom. The molecule has 3 aromatic rings. The Kier molecular flexibility index (Phi) is 6.85. The van der Waals surface area contributed by atoms with Crippen LogP contribution in [-0.2, 0) is 41.5 Å². The minimum atomic E-state index is -4.03. The third kappa shape index (κ3) is 4.51. The molecule has 10 nitrogen and oxygen atoms in total. The van der Waals surface area contributed by atoms with Gasteiger partial charge in [-0.2, -0.15) is 17.8 Å². The lowest BCUT2D eigenvalue weighted by Crippen LogP contribution is -2.56. The van der Waals surface area contributed by atoms with Gasteiger partial charge in [-0.1, -0.05) is 49.4 Å². The first-order valence-electron chi connectivity index (χ1n) is 13.9. The van der Waals surface area contributed by atoms with Crippen LogP contribution < -0.4 is 4.72 Å². The van der Waals surface area contributed by atoms with Crippen LogP contribution in [0.2, 0.25) is 0 Å². The average molecular weight is 601 g/mol. The average Bonchev–Trinajstić information content (AvgIpc) is 3.57. The Morgan fingerprint density at radius 1 is 1.00 bits per heavy atom. The van der Waals surface area contributed by atoms with Gasteiger partial charge >= 0.3 is 10.2 Å². The minimum absolute atomic E-state index is 0.0495. The van der Waals surface area contributed by atoms with Gasteiger partial charge in [0.05, 0.1) is 30.9 Å². The predicted octanol–water partition coefficient (Wildman–Crippen LogP) is 3.60. The molecule has 2 aliphatic carbocycles. The molecule has 12 heteroatoms. The fourth-order valence-corrected chi connectivity index (χ4v) is 8.79. The van der Waals surface area contributed by atoms with Crippen LogP contribution in [0.4, 0.5) is 5.69 Å². The first kappa shape index (κ1) is 28.4. The fraction of sp³-hybridized carbons (Fsp3) is 0.483. The summed E-state index contributed by atoms with van der Waals surface area (Å²) < 4.78 is 68.9. The van der Waals surface area contributed by atoms with E-state index in [0.29, 0.717) is 49.4 Å². The lowest BCUT2D eigenvalue weighted by Gasteiger charge is -2.55. The number of nitrogens with zero attached hydrogens (tertiary/aromatic N) is 3. The third-order valence-corrected chi connectivity index (χ3v) is 11.3. The van der Waals surface area contributed by atoms with Crippen molar-refractivity contribution in [1.82, 2.24) is 13.5 Å². The van der Waals surface area contributed by atoms with Gasteiger partial charge in [0, 0.05) is 48.7 Å². The zero-order valence-electron chi connectivity index (χ0n) is 23.7. The molecule has 3 atom stereocenters. The molecule has 0 amide bonds. The maximum atomic E-state index is 13.8. The lowest BCUT2D eigenvalue weighted by atomic mass is 9.52. The summed E-state index contributed by atoms with van der Waals surface area (Å²) in [7, 11) is -4.59. The Hall–Kier alpha value is -2.77. The molecule has 2 heterocycles. The number of hydrogen-bond donors (Lipinski definition) is 1. The van der Waals surface area contributed by atoms with E-state index in [-0.39, 0.29) is 11.8 Å². The highest BCUT2D eigenvalue weighted by Crippen LogP contribution is 2.60. The molecular formula is C29H36N4O6S2. The Morgan fingerprint density at radius 2 is 1.71 bits per heavy atom. The molecule has 6 rings (SSSR count). The Balaban J connectivity index is 1.61. The van der Waals surface area contributed by atoms with E-state index in [1.54, 1.807) is 24.3 Å². The van der Waals surface area contributed by atoms with Gasteiger partial charge in [0.15, 0.2) is 5.79 Å². The quantitative estimate of drug-likeness (QED) is 0.459. The van der Waals surface area contributed by atoms with Gasteiger partial charge in [-0.15, -0.1) is 4.09 Å². The summed E-state index contributed by atoms with van der Waals surface area (Å²) in [5.74, 6) is -0.498. The Labute approximate surface area is 241 Å². The molecule has 1 spiro atoms. The molecule has 0 radical (unpaired) electrons. The van der Waals surface area contributed by atoms with E-state index in [1.807, 2.05) is 18.2 Å². The summed E-state index contributed by atoms with van der Waals surface area (Å²) in [6.45, 7) is 3.32. The molecule has 2 fully saturated rings. The van der Waals surface area contributed by atoms with Gasteiger partial charge in [-0.05, 0) is 42.9 Å². The molecule has 220 valence electrons. The van der Waals surface area contributed by atoms with Crippen LogP contribution in [0.3, 0.4) is 0 Å². The van der Waals surface area contributed by atoms with E-state index < -0.39 is 31.4 Å². The number of sulfonamides is 1. The van der Waals surface area contributed by atoms with Crippen molar-refractivity contribution in [3.63, 3.8) is 0 Å². The summed E-state index contributed by atoms with van der Waals surface area (Å²) in [4.78, 5) is 0. The first-order valence-corrected chi connectivity index (χ1v) is 17.1. The summed E-state index contributed by atoms with van der Waals surface area (Å²) in [5, 5.41) is 4.97. The van der Waals surface area contributed by atoms with Gasteiger partial charge in [-0.3, -0.25) is 4.72 Å². The molecular weight excluding hydrogens is 564 g/mol. The number of aromatic nitrogens is 2. The number of nitrogens with one attached hydrogen (secondary N) is 1. The monoisotopic (exact) mass is 600 g/mol. The molecule has 1 saturated carbocycles. The fourth-order valence-electron chi connectivity index (χ4n) is 7.29. The second-order valence-corrected chi connectivity index (χ2v) is 15.3. The van der Waals surface area contributed by atoms with Gasteiger partial charge in [0.25, 0.3) is 0 Å². The minimum Gasteiger partial charge on any atom is -0.347 e. The van der Waals surface area contributed by atoms with E-state index in [1.165, 1.54) is 14.1 Å². The highest BCUT2D eigenvalue weighted by atomic mass is 32.2. The largest absolute Gasteiger partial charge is 0.347 e. The molecule has 0 unspecified atom stereocenters. The summed E-state index contributed by atoms with van der Waals surface area (Å²) in [6, 6.07) is 17.1. The second-order valence-electron chi connectivity index (χ2n) is 11.5. The van der Waals surface area contributed by atoms with Gasteiger partial charge in [0.2, 0.25) is 10.0 Å². The van der Waals surface area contributed by atoms with Crippen LogP contribution in [0.15, 0.2) is 54.6 Å². The van der Waals surface area contributed by atoms with E-state index >= 15 is 0 Å². The lowest BCUT2D eigenvalue weighted by molar-refractivity contribution is -0.232. The number of ether oxygens (including phenoxy) is 2. The molecule has 1 aliphatic heterocycles. The number of fused-ring (bicyclic) bond motifs is 3. The standard InChI is InChI=1S/C29H36N4O6S2/c1-20-25-14-13-24-26(21-9-8-12-23(19-21)31-40(4,34)35)33(41(36,37)32(2)3)30-27(24)28(25,22-10-6-5-7-11-22)15-16-29(20)38-17-18-39-29/h5-12,19-20,25,31H,13-18H2,1-4H3/t20-,25-,28+/m0/s1. The van der Waals surface area contributed by atoms with E-state index in [9.17, 15) is 16.8 Å². The normalized spacial score (nSPS) is 25.7. The number of hydrogen-bond acceptors (Lipinski definition) is 7. The van der Waals surface area contributed by atoms with Crippen molar-refractivity contribution in [3.05, 3.63) is 71.4 Å². The number of benzene rings is 2. The van der Waals surface area contributed by atoms with Gasteiger partial charge in [-0.25, -0.2) is 8.42 Å². The summed E-state index contributed by atoms with van der Waals surface area (Å²) in [6.07, 6.45) is 3.83. The second kappa shape index (κ2) is 9.91. The van der Waals surface area contributed by atoms with Crippen molar-refractivity contribution in [2.45, 2.75) is 43.8 Å². The predicted molar refractivity (Wildman–Crippen MR) is 156 cm³/mol. The molecule has 0 bridgehead atoms. The van der Waals surface area contributed by atoms with E-state index in [4.69, 9.17) is 14.6 Å². The van der Waals surface area contributed by atoms with Crippen LogP contribution in [-0.4, -0.2) is 69.7 Å². The van der Waals surface area contributed by atoms with Crippen molar-refractivity contribution < 1.29 is 26.3 Å². The first-order chi connectivity index (χ1) is 19.4. The molecule has 1 N–H and O–H groups in total. The number of anilines is 1. The van der Waals surface area contributed by atoms with Gasteiger partial charge in [0.1, 0.15) is 0 Å². The van der Waals surface area contributed by atoms with Crippen molar-refractivity contribution in [1.29, 1.82) is 0 Å². The molecule has 1 saturated heterocycles.